The molecular formula is C15H20ClN3O3. The molecule has 7 heteroatoms. The first-order valence-electron chi connectivity index (χ1n) is 7.44. The molecule has 3 rings (SSSR count). The SMILES string of the molecule is NC(=NCCc1cc(Cl)c2c(c1)OCCO2)N1CCOCC1. The minimum absolute atomic E-state index is 0.534. The number of aliphatic imine (C=N–C) groups is 1. The fraction of sp³-hybridized carbons (Fsp3) is 0.533. The second-order valence-corrected chi connectivity index (χ2v) is 5.60. The van der Waals surface area contributed by atoms with Gasteiger partial charge in [-0.25, -0.2) is 0 Å². The summed E-state index contributed by atoms with van der Waals surface area (Å²) in [6.07, 6.45) is 0.751. The highest BCUT2D eigenvalue weighted by Crippen LogP contribution is 2.38. The number of fused-ring (bicyclic) bond motifs is 1. The molecule has 2 aliphatic heterocycles. The van der Waals surface area contributed by atoms with Gasteiger partial charge in [0.05, 0.1) is 18.2 Å². The number of benzene rings is 1. The van der Waals surface area contributed by atoms with Crippen molar-refractivity contribution in [3.05, 3.63) is 22.7 Å². The van der Waals surface area contributed by atoms with E-state index in [0.717, 1.165) is 25.1 Å². The average Bonchev–Trinajstić information content (AvgIpc) is 2.56. The van der Waals surface area contributed by atoms with Crippen LogP contribution >= 0.6 is 11.6 Å². The van der Waals surface area contributed by atoms with Crippen LogP contribution < -0.4 is 15.2 Å². The van der Waals surface area contributed by atoms with Crippen LogP contribution in [0, 0.1) is 0 Å². The van der Waals surface area contributed by atoms with Gasteiger partial charge in [-0.2, -0.15) is 0 Å². The third kappa shape index (κ3) is 3.56. The van der Waals surface area contributed by atoms with Gasteiger partial charge in [0.1, 0.15) is 13.2 Å². The Morgan fingerprint density at radius 1 is 1.18 bits per heavy atom. The Balaban J connectivity index is 1.60. The first-order chi connectivity index (χ1) is 10.7. The second-order valence-electron chi connectivity index (χ2n) is 5.19. The van der Waals surface area contributed by atoms with E-state index in [9.17, 15) is 0 Å². The second kappa shape index (κ2) is 7.07. The van der Waals surface area contributed by atoms with E-state index in [1.165, 1.54) is 0 Å². The van der Waals surface area contributed by atoms with Crippen LogP contribution in [0.3, 0.4) is 0 Å². The number of hydrogen-bond donors (Lipinski definition) is 1. The van der Waals surface area contributed by atoms with Crippen LogP contribution in [-0.2, 0) is 11.2 Å². The summed E-state index contributed by atoms with van der Waals surface area (Å²) in [5, 5.41) is 0.581. The molecule has 120 valence electrons. The molecule has 0 aliphatic carbocycles. The molecule has 0 amide bonds. The van der Waals surface area contributed by atoms with E-state index in [-0.39, 0.29) is 0 Å². The van der Waals surface area contributed by atoms with Crippen molar-refractivity contribution >= 4 is 17.6 Å². The smallest absolute Gasteiger partial charge is 0.191 e. The molecule has 1 aromatic carbocycles. The molecule has 2 aliphatic rings. The molecule has 22 heavy (non-hydrogen) atoms. The Labute approximate surface area is 134 Å². The molecule has 1 fully saturated rings. The van der Waals surface area contributed by atoms with Crippen LogP contribution in [0.4, 0.5) is 0 Å². The van der Waals surface area contributed by atoms with Gasteiger partial charge in [0.15, 0.2) is 17.5 Å². The predicted molar refractivity (Wildman–Crippen MR) is 85.0 cm³/mol. The monoisotopic (exact) mass is 325 g/mol. The van der Waals surface area contributed by atoms with Gasteiger partial charge in [0.25, 0.3) is 0 Å². The van der Waals surface area contributed by atoms with Crippen LogP contribution in [0.15, 0.2) is 17.1 Å². The lowest BCUT2D eigenvalue weighted by Gasteiger charge is -2.27. The number of ether oxygens (including phenoxy) is 3. The van der Waals surface area contributed by atoms with Gasteiger partial charge >= 0.3 is 0 Å². The maximum atomic E-state index is 6.22. The molecule has 2 heterocycles. The maximum Gasteiger partial charge on any atom is 0.191 e. The number of rotatable bonds is 3. The molecule has 1 saturated heterocycles. The van der Waals surface area contributed by atoms with Crippen molar-refractivity contribution in [2.75, 3.05) is 46.1 Å². The Kier molecular flexibility index (Phi) is 4.90. The van der Waals surface area contributed by atoms with E-state index in [0.29, 0.717) is 55.5 Å². The van der Waals surface area contributed by atoms with E-state index >= 15 is 0 Å². The van der Waals surface area contributed by atoms with Crippen molar-refractivity contribution in [2.45, 2.75) is 6.42 Å². The van der Waals surface area contributed by atoms with Crippen molar-refractivity contribution in [3.63, 3.8) is 0 Å². The number of guanidine groups is 1. The summed E-state index contributed by atoms with van der Waals surface area (Å²) in [6, 6.07) is 3.86. The summed E-state index contributed by atoms with van der Waals surface area (Å²) in [7, 11) is 0. The predicted octanol–water partition coefficient (Wildman–Crippen LogP) is 1.30. The van der Waals surface area contributed by atoms with Crippen LogP contribution in [0.2, 0.25) is 5.02 Å². The summed E-state index contributed by atoms with van der Waals surface area (Å²) in [5.41, 5.74) is 7.07. The lowest BCUT2D eigenvalue weighted by atomic mass is 10.1. The Morgan fingerprint density at radius 3 is 2.77 bits per heavy atom. The van der Waals surface area contributed by atoms with E-state index in [1.54, 1.807) is 0 Å². The first-order valence-corrected chi connectivity index (χ1v) is 7.82. The van der Waals surface area contributed by atoms with Crippen molar-refractivity contribution in [1.29, 1.82) is 0 Å². The molecule has 0 bridgehead atoms. The third-order valence-electron chi connectivity index (χ3n) is 3.67. The summed E-state index contributed by atoms with van der Waals surface area (Å²) in [6.45, 7) is 4.69. The molecule has 0 radical (unpaired) electrons. The zero-order chi connectivity index (χ0) is 15.4. The van der Waals surface area contributed by atoms with E-state index in [2.05, 4.69) is 4.99 Å². The zero-order valence-electron chi connectivity index (χ0n) is 12.4. The lowest BCUT2D eigenvalue weighted by molar-refractivity contribution is 0.0674. The fourth-order valence-electron chi connectivity index (χ4n) is 2.50. The molecule has 0 aromatic heterocycles. The topological polar surface area (TPSA) is 69.3 Å². The number of hydrogen-bond acceptors (Lipinski definition) is 4. The van der Waals surface area contributed by atoms with Crippen molar-refractivity contribution in [1.82, 2.24) is 4.90 Å². The minimum Gasteiger partial charge on any atom is -0.486 e. The van der Waals surface area contributed by atoms with Crippen LogP contribution in [0.1, 0.15) is 5.56 Å². The first kappa shape index (κ1) is 15.2. The molecule has 0 unspecified atom stereocenters. The summed E-state index contributed by atoms with van der Waals surface area (Å²) >= 11 is 6.22. The Bertz CT molecular complexity index is 559. The van der Waals surface area contributed by atoms with Gasteiger partial charge in [-0.15, -0.1) is 0 Å². The van der Waals surface area contributed by atoms with E-state index in [4.69, 9.17) is 31.5 Å². The molecule has 0 saturated carbocycles. The number of nitrogens with two attached hydrogens (primary N) is 1. The lowest BCUT2D eigenvalue weighted by Crippen LogP contribution is -2.44. The van der Waals surface area contributed by atoms with Gasteiger partial charge in [-0.1, -0.05) is 11.6 Å². The fourth-order valence-corrected chi connectivity index (χ4v) is 2.79. The van der Waals surface area contributed by atoms with Crippen LogP contribution in [0.5, 0.6) is 11.5 Å². The summed E-state index contributed by atoms with van der Waals surface area (Å²) in [4.78, 5) is 6.48. The van der Waals surface area contributed by atoms with E-state index in [1.807, 2.05) is 17.0 Å². The summed E-state index contributed by atoms with van der Waals surface area (Å²) < 4.78 is 16.4. The van der Waals surface area contributed by atoms with Gasteiger partial charge in [0.2, 0.25) is 0 Å². The maximum absolute atomic E-state index is 6.22. The minimum atomic E-state index is 0.534. The quantitative estimate of drug-likeness (QED) is 0.670. The number of morpholine rings is 1. The average molecular weight is 326 g/mol. The molecular weight excluding hydrogens is 306 g/mol. The standard InChI is InChI=1S/C15H20ClN3O3/c16-12-9-11(10-13-14(12)22-8-7-21-13)1-2-18-15(17)19-3-5-20-6-4-19/h9-10H,1-8H2,(H2,17,18). The normalized spacial score (nSPS) is 18.4. The molecule has 2 N–H and O–H groups in total. The summed E-state index contributed by atoms with van der Waals surface area (Å²) in [5.74, 6) is 1.92. The van der Waals surface area contributed by atoms with E-state index < -0.39 is 0 Å². The molecule has 0 spiro atoms. The van der Waals surface area contributed by atoms with Gasteiger partial charge < -0.3 is 24.8 Å². The highest BCUT2D eigenvalue weighted by Gasteiger charge is 2.16. The zero-order valence-corrected chi connectivity index (χ0v) is 13.1. The van der Waals surface area contributed by atoms with Crippen LogP contribution in [0.25, 0.3) is 0 Å². The van der Waals surface area contributed by atoms with Crippen molar-refractivity contribution in [3.8, 4) is 11.5 Å². The highest BCUT2D eigenvalue weighted by atomic mass is 35.5. The van der Waals surface area contributed by atoms with Crippen LogP contribution in [-0.4, -0.2) is 56.9 Å². The molecule has 1 aromatic rings. The number of halogens is 1. The Morgan fingerprint density at radius 2 is 1.95 bits per heavy atom. The number of nitrogens with zero attached hydrogens (tertiary/aromatic N) is 2. The van der Waals surface area contributed by atoms with Crippen molar-refractivity contribution < 1.29 is 14.2 Å². The highest BCUT2D eigenvalue weighted by molar-refractivity contribution is 6.32. The van der Waals surface area contributed by atoms with Gasteiger partial charge in [0, 0.05) is 19.6 Å². The van der Waals surface area contributed by atoms with Gasteiger partial charge in [-0.3, -0.25) is 4.99 Å². The largest absolute Gasteiger partial charge is 0.486 e. The third-order valence-corrected chi connectivity index (χ3v) is 3.95. The van der Waals surface area contributed by atoms with Crippen molar-refractivity contribution in [2.24, 2.45) is 10.7 Å². The molecule has 6 nitrogen and oxygen atoms in total. The van der Waals surface area contributed by atoms with Gasteiger partial charge in [-0.05, 0) is 24.1 Å². The Hall–Kier alpha value is -1.66. The molecule has 0 atom stereocenters.